The first-order chi connectivity index (χ1) is 15.1. The number of aryl methyl sites for hydroxylation is 1. The molecule has 0 fully saturated rings. The number of carbonyl (C=O) groups excluding carboxylic acids is 1. The van der Waals surface area contributed by atoms with Crippen LogP contribution in [0, 0.1) is 0 Å². The minimum atomic E-state index is -0.0521. The predicted molar refractivity (Wildman–Crippen MR) is 127 cm³/mol. The normalized spacial score (nSPS) is 12.4. The Balaban J connectivity index is 1.61. The van der Waals surface area contributed by atoms with Gasteiger partial charge in [-0.2, -0.15) is 0 Å². The smallest absolute Gasteiger partial charge is 0.243 e. The summed E-state index contributed by atoms with van der Waals surface area (Å²) >= 11 is 0. The summed E-state index contributed by atoms with van der Waals surface area (Å²) in [6.07, 6.45) is 6.06. The van der Waals surface area contributed by atoms with Crippen molar-refractivity contribution in [3.8, 4) is 5.75 Å². The lowest BCUT2D eigenvalue weighted by atomic mass is 9.99. The first-order valence-corrected chi connectivity index (χ1v) is 11.2. The molecule has 3 aromatic rings. The van der Waals surface area contributed by atoms with Crippen molar-refractivity contribution in [1.82, 2.24) is 14.9 Å². The quantitative estimate of drug-likeness (QED) is 0.341. The zero-order valence-corrected chi connectivity index (χ0v) is 18.8. The number of imidazole rings is 1. The van der Waals surface area contributed by atoms with E-state index in [1.807, 2.05) is 25.1 Å². The summed E-state index contributed by atoms with van der Waals surface area (Å²) in [7, 11) is 0. The number of benzene rings is 2. The summed E-state index contributed by atoms with van der Waals surface area (Å²) in [5, 5.41) is 2.90. The number of ether oxygens (including phenoxy) is 1. The van der Waals surface area contributed by atoms with Gasteiger partial charge in [0.1, 0.15) is 18.2 Å². The molecule has 0 radical (unpaired) electrons. The zero-order valence-electron chi connectivity index (χ0n) is 18.8. The molecule has 0 spiro atoms. The molecule has 1 heterocycles. The second-order valence-electron chi connectivity index (χ2n) is 7.79. The fraction of sp³-hybridized carbons (Fsp3) is 0.385. The molecule has 5 nitrogen and oxygen atoms in total. The molecule has 1 aromatic heterocycles. The summed E-state index contributed by atoms with van der Waals surface area (Å²) in [5.41, 5.74) is 3.46. The summed E-state index contributed by atoms with van der Waals surface area (Å²) in [5.74, 6) is 2.43. The van der Waals surface area contributed by atoms with E-state index in [1.54, 1.807) is 12.2 Å². The number of aromatic nitrogens is 2. The molecule has 0 aliphatic carbocycles. The van der Waals surface area contributed by atoms with Crippen LogP contribution in [0.2, 0.25) is 0 Å². The molecular formula is C26H33N3O2. The van der Waals surface area contributed by atoms with Gasteiger partial charge in [0.2, 0.25) is 5.91 Å². The Morgan fingerprint density at radius 1 is 1.19 bits per heavy atom. The molecule has 164 valence electrons. The van der Waals surface area contributed by atoms with Crippen LogP contribution in [-0.2, 0) is 17.8 Å². The van der Waals surface area contributed by atoms with E-state index in [4.69, 9.17) is 9.72 Å². The standard InChI is InChI=1S/C26H33N3O2/c1-4-9-26(30)27-17-8-12-25-28-23-10-6-7-11-24(23)29(25)18-19-31-22-15-13-21(14-16-22)20(3)5-2/h4,6-7,9-11,13-16,20H,5,8,12,17-19H2,1-3H3,(H,27,30)/b9-4-. The van der Waals surface area contributed by atoms with Crippen LogP contribution in [0.3, 0.4) is 0 Å². The van der Waals surface area contributed by atoms with Gasteiger partial charge in [0.15, 0.2) is 0 Å². The largest absolute Gasteiger partial charge is 0.492 e. The highest BCUT2D eigenvalue weighted by Crippen LogP contribution is 2.22. The lowest BCUT2D eigenvalue weighted by Gasteiger charge is -2.13. The van der Waals surface area contributed by atoms with E-state index in [0.29, 0.717) is 19.1 Å². The van der Waals surface area contributed by atoms with Gasteiger partial charge in [-0.05, 0) is 61.6 Å². The highest BCUT2D eigenvalue weighted by molar-refractivity contribution is 5.87. The third-order valence-corrected chi connectivity index (χ3v) is 5.57. The summed E-state index contributed by atoms with van der Waals surface area (Å²) in [6, 6.07) is 16.6. The maximum atomic E-state index is 11.6. The second kappa shape index (κ2) is 11.3. The zero-order chi connectivity index (χ0) is 22.1. The highest BCUT2D eigenvalue weighted by atomic mass is 16.5. The van der Waals surface area contributed by atoms with E-state index in [2.05, 4.69) is 54.1 Å². The van der Waals surface area contributed by atoms with Crippen molar-refractivity contribution in [2.75, 3.05) is 13.2 Å². The van der Waals surface area contributed by atoms with Gasteiger partial charge in [-0.15, -0.1) is 0 Å². The molecule has 0 aliphatic rings. The lowest BCUT2D eigenvalue weighted by Crippen LogP contribution is -2.23. The number of hydrogen-bond donors (Lipinski definition) is 1. The third kappa shape index (κ3) is 6.20. The van der Waals surface area contributed by atoms with E-state index in [0.717, 1.165) is 48.4 Å². The van der Waals surface area contributed by atoms with Crippen LogP contribution < -0.4 is 10.1 Å². The highest BCUT2D eigenvalue weighted by Gasteiger charge is 2.11. The molecule has 2 aromatic carbocycles. The van der Waals surface area contributed by atoms with Gasteiger partial charge in [0, 0.05) is 13.0 Å². The van der Waals surface area contributed by atoms with Crippen LogP contribution in [0.1, 0.15) is 50.9 Å². The Kier molecular flexibility index (Phi) is 8.27. The number of nitrogens with one attached hydrogen (secondary N) is 1. The molecule has 0 saturated heterocycles. The number of fused-ring (bicyclic) bond motifs is 1. The molecule has 1 N–H and O–H groups in total. The van der Waals surface area contributed by atoms with Crippen LogP contribution in [0.15, 0.2) is 60.7 Å². The van der Waals surface area contributed by atoms with Crippen molar-refractivity contribution >= 4 is 16.9 Å². The molecule has 1 atom stereocenters. The maximum absolute atomic E-state index is 11.6. The van der Waals surface area contributed by atoms with E-state index in [-0.39, 0.29) is 5.91 Å². The van der Waals surface area contributed by atoms with Crippen LogP contribution in [0.4, 0.5) is 0 Å². The Bertz CT molecular complexity index is 1010. The number of carbonyl (C=O) groups is 1. The average Bonchev–Trinajstić information content (AvgIpc) is 3.14. The molecule has 0 aliphatic heterocycles. The first kappa shape index (κ1) is 22.6. The number of para-hydroxylation sites is 2. The number of hydrogen-bond acceptors (Lipinski definition) is 3. The topological polar surface area (TPSA) is 56.2 Å². The molecule has 3 rings (SSSR count). The van der Waals surface area contributed by atoms with Crippen LogP contribution in [0.25, 0.3) is 11.0 Å². The Hall–Kier alpha value is -3.08. The van der Waals surface area contributed by atoms with Crippen LogP contribution >= 0.6 is 0 Å². The van der Waals surface area contributed by atoms with Gasteiger partial charge in [0.25, 0.3) is 0 Å². The average molecular weight is 420 g/mol. The van der Waals surface area contributed by atoms with Crippen LogP contribution in [-0.4, -0.2) is 28.6 Å². The van der Waals surface area contributed by atoms with Crippen molar-refractivity contribution in [3.05, 3.63) is 72.1 Å². The Morgan fingerprint density at radius 3 is 2.71 bits per heavy atom. The second-order valence-corrected chi connectivity index (χ2v) is 7.79. The number of rotatable bonds is 11. The molecule has 1 unspecified atom stereocenters. The molecule has 5 heteroatoms. The Labute approximate surface area is 185 Å². The van der Waals surface area contributed by atoms with Gasteiger partial charge >= 0.3 is 0 Å². The van der Waals surface area contributed by atoms with Crippen molar-refractivity contribution in [2.45, 2.75) is 52.5 Å². The Morgan fingerprint density at radius 2 is 1.97 bits per heavy atom. The maximum Gasteiger partial charge on any atom is 0.243 e. The van der Waals surface area contributed by atoms with Gasteiger partial charge in [0.05, 0.1) is 17.6 Å². The van der Waals surface area contributed by atoms with E-state index in [9.17, 15) is 4.79 Å². The van der Waals surface area contributed by atoms with E-state index in [1.165, 1.54) is 5.56 Å². The van der Waals surface area contributed by atoms with Crippen molar-refractivity contribution in [2.24, 2.45) is 0 Å². The first-order valence-electron chi connectivity index (χ1n) is 11.2. The van der Waals surface area contributed by atoms with Crippen molar-refractivity contribution < 1.29 is 9.53 Å². The minimum Gasteiger partial charge on any atom is -0.492 e. The fourth-order valence-corrected chi connectivity index (χ4v) is 3.62. The molecule has 0 bridgehead atoms. The summed E-state index contributed by atoms with van der Waals surface area (Å²) in [6.45, 7) is 8.23. The van der Waals surface area contributed by atoms with E-state index < -0.39 is 0 Å². The third-order valence-electron chi connectivity index (χ3n) is 5.57. The number of allylic oxidation sites excluding steroid dienone is 1. The monoisotopic (exact) mass is 419 g/mol. The fourth-order valence-electron chi connectivity index (χ4n) is 3.62. The summed E-state index contributed by atoms with van der Waals surface area (Å²) in [4.78, 5) is 16.4. The van der Waals surface area contributed by atoms with Gasteiger partial charge in [-0.3, -0.25) is 4.79 Å². The van der Waals surface area contributed by atoms with Crippen molar-refractivity contribution in [1.29, 1.82) is 0 Å². The number of amides is 1. The molecule has 1 amide bonds. The summed E-state index contributed by atoms with van der Waals surface area (Å²) < 4.78 is 8.26. The van der Waals surface area contributed by atoms with Gasteiger partial charge in [-0.1, -0.05) is 44.2 Å². The number of nitrogens with zero attached hydrogens (tertiary/aromatic N) is 2. The molecule has 31 heavy (non-hydrogen) atoms. The van der Waals surface area contributed by atoms with E-state index >= 15 is 0 Å². The van der Waals surface area contributed by atoms with Crippen LogP contribution in [0.5, 0.6) is 5.75 Å². The lowest BCUT2D eigenvalue weighted by molar-refractivity contribution is -0.116. The molecular weight excluding hydrogens is 386 g/mol. The molecule has 0 saturated carbocycles. The minimum absolute atomic E-state index is 0.0521. The van der Waals surface area contributed by atoms with Gasteiger partial charge in [-0.25, -0.2) is 4.98 Å². The predicted octanol–water partition coefficient (Wildman–Crippen LogP) is 5.25. The van der Waals surface area contributed by atoms with Gasteiger partial charge < -0.3 is 14.6 Å². The SMILES string of the molecule is C/C=C\C(=O)NCCCc1nc2ccccc2n1CCOc1ccc(C(C)CC)cc1. The van der Waals surface area contributed by atoms with Crippen molar-refractivity contribution in [3.63, 3.8) is 0 Å².